The third kappa shape index (κ3) is 2.28. The van der Waals surface area contributed by atoms with E-state index in [1.165, 1.54) is 18.3 Å². The van der Waals surface area contributed by atoms with Gasteiger partial charge < -0.3 is 5.73 Å². The van der Waals surface area contributed by atoms with Crippen LogP contribution in [0.4, 0.5) is 0 Å². The zero-order valence-corrected chi connectivity index (χ0v) is 8.34. The second kappa shape index (κ2) is 3.85. The quantitative estimate of drug-likeness (QED) is 0.391. The Morgan fingerprint density at radius 3 is 2.64 bits per heavy atom. The van der Waals surface area contributed by atoms with Crippen LogP contribution in [0.15, 0.2) is 14.8 Å². The van der Waals surface area contributed by atoms with Crippen LogP contribution in [0.2, 0.25) is 0 Å². The number of nitrogens with zero attached hydrogens (tertiary/aromatic N) is 1. The van der Waals surface area contributed by atoms with Crippen LogP contribution in [0.3, 0.4) is 0 Å². The molecule has 0 saturated heterocycles. The highest BCUT2D eigenvalue weighted by Crippen LogP contribution is 2.15. The van der Waals surface area contributed by atoms with Gasteiger partial charge in [0.2, 0.25) is 0 Å². The summed E-state index contributed by atoms with van der Waals surface area (Å²) < 4.78 is 0.821. The molecular weight excluding hydrogens is 253 g/mol. The second-order valence-corrected chi connectivity index (χ2v) is 3.59. The van der Waals surface area contributed by atoms with Gasteiger partial charge in [0.25, 0.3) is 0 Å². The Balaban J connectivity index is 2.55. The maximum Gasteiger partial charge on any atom is 0.328 e. The zero-order chi connectivity index (χ0) is 8.27. The number of halogens is 1. The van der Waals surface area contributed by atoms with Crippen LogP contribution < -0.4 is 11.1 Å². The van der Waals surface area contributed by atoms with Gasteiger partial charge in [0.15, 0.2) is 0 Å². The molecule has 1 rings (SSSR count). The molecule has 0 aromatic heterocycles. The molecule has 0 amide bonds. The Morgan fingerprint density at radius 2 is 2.27 bits per heavy atom. The molecule has 1 aliphatic rings. The minimum absolute atomic E-state index is 0.544. The van der Waals surface area contributed by atoms with E-state index in [1.54, 1.807) is 0 Å². The summed E-state index contributed by atoms with van der Waals surface area (Å²) in [7, 11) is 0. The van der Waals surface area contributed by atoms with Crippen molar-refractivity contribution in [2.75, 3.05) is 0 Å². The largest absolute Gasteiger partial charge is 0.403 e. The molecule has 11 heavy (non-hydrogen) atoms. The molecule has 0 bridgehead atoms. The molecule has 0 aromatic carbocycles. The van der Waals surface area contributed by atoms with E-state index in [9.17, 15) is 0 Å². The Hall–Kier alpha value is -0.390. The van der Waals surface area contributed by atoms with Gasteiger partial charge in [-0.15, -0.1) is 0 Å². The van der Waals surface area contributed by atoms with Crippen molar-refractivity contribution >= 4 is 34.1 Å². The maximum atomic E-state index is 5.61. The van der Waals surface area contributed by atoms with Crippen molar-refractivity contribution in [3.05, 3.63) is 9.78 Å². The third-order valence-electron chi connectivity index (χ3n) is 1.60. The molecule has 1 fully saturated rings. The minimum atomic E-state index is 0.544. The molecule has 3 nitrogen and oxygen atoms in total. The van der Waals surface area contributed by atoms with E-state index in [1.807, 2.05) is 0 Å². The van der Waals surface area contributed by atoms with E-state index in [0.717, 1.165) is 16.4 Å². The summed E-state index contributed by atoms with van der Waals surface area (Å²) in [6.45, 7) is 0. The normalized spacial score (nSPS) is 17.5. The van der Waals surface area contributed by atoms with Gasteiger partial charge in [0.1, 0.15) is 9.29 Å². The SMILES string of the molecule is NC=C(I)C(=[NH2+])N=C1CCC1. The van der Waals surface area contributed by atoms with Crippen LogP contribution in [-0.4, -0.2) is 11.5 Å². The first-order chi connectivity index (χ1) is 5.24. The smallest absolute Gasteiger partial charge is 0.328 e. The van der Waals surface area contributed by atoms with Gasteiger partial charge in [0, 0.05) is 19.0 Å². The van der Waals surface area contributed by atoms with Crippen LogP contribution in [-0.2, 0) is 0 Å². The molecule has 0 radical (unpaired) electrons. The van der Waals surface area contributed by atoms with Crippen molar-refractivity contribution in [1.82, 2.24) is 0 Å². The first-order valence-corrected chi connectivity index (χ1v) is 4.58. The summed E-state index contributed by atoms with van der Waals surface area (Å²) in [6.07, 6.45) is 4.90. The van der Waals surface area contributed by atoms with E-state index in [4.69, 9.17) is 11.1 Å². The molecule has 1 saturated carbocycles. The predicted molar refractivity (Wildman–Crippen MR) is 54.5 cm³/mol. The van der Waals surface area contributed by atoms with Crippen molar-refractivity contribution in [1.29, 1.82) is 0 Å². The molecule has 0 aromatic rings. The molecule has 4 N–H and O–H groups in total. The highest BCUT2D eigenvalue weighted by Gasteiger charge is 2.18. The Labute approximate surface area is 79.4 Å². The summed E-state index contributed by atoms with van der Waals surface area (Å²) in [5.74, 6) is 0.544. The lowest BCUT2D eigenvalue weighted by atomic mass is 9.97. The zero-order valence-electron chi connectivity index (χ0n) is 6.18. The molecule has 0 unspecified atom stereocenters. The summed E-state index contributed by atoms with van der Waals surface area (Å²) in [5, 5.41) is 5.61. The van der Waals surface area contributed by atoms with Crippen molar-refractivity contribution in [3.63, 3.8) is 0 Å². The van der Waals surface area contributed by atoms with Crippen LogP contribution >= 0.6 is 22.6 Å². The highest BCUT2D eigenvalue weighted by atomic mass is 127. The predicted octanol–water partition coefficient (Wildman–Crippen LogP) is 0.00400. The van der Waals surface area contributed by atoms with Gasteiger partial charge in [-0.3, -0.25) is 5.41 Å². The number of hydrogen-bond acceptors (Lipinski definition) is 1. The van der Waals surface area contributed by atoms with Gasteiger partial charge in [-0.2, -0.15) is 0 Å². The lowest BCUT2D eigenvalue weighted by Gasteiger charge is -2.07. The molecular formula is C7H11IN3+. The van der Waals surface area contributed by atoms with E-state index in [2.05, 4.69) is 27.6 Å². The summed E-state index contributed by atoms with van der Waals surface area (Å²) in [4.78, 5) is 4.21. The maximum absolute atomic E-state index is 5.61. The molecule has 0 heterocycles. The van der Waals surface area contributed by atoms with E-state index in [-0.39, 0.29) is 0 Å². The molecule has 4 heteroatoms. The number of nitrogens with two attached hydrogens (primary N) is 2. The third-order valence-corrected chi connectivity index (χ3v) is 2.51. The fourth-order valence-electron chi connectivity index (χ4n) is 0.756. The summed E-state index contributed by atoms with van der Waals surface area (Å²) in [6, 6.07) is 0. The van der Waals surface area contributed by atoms with Crippen LogP contribution in [0.25, 0.3) is 0 Å². The van der Waals surface area contributed by atoms with Gasteiger partial charge in [0.05, 0.1) is 0 Å². The van der Waals surface area contributed by atoms with E-state index < -0.39 is 0 Å². The number of rotatable bonds is 1. The van der Waals surface area contributed by atoms with Crippen LogP contribution in [0.1, 0.15) is 19.3 Å². The Bertz CT molecular complexity index is 224. The topological polar surface area (TPSA) is 64.0 Å². The van der Waals surface area contributed by atoms with Crippen molar-refractivity contribution in [2.45, 2.75) is 19.3 Å². The van der Waals surface area contributed by atoms with Crippen LogP contribution in [0, 0.1) is 0 Å². The monoisotopic (exact) mass is 264 g/mol. The summed E-state index contributed by atoms with van der Waals surface area (Å²) in [5.41, 5.74) is 6.46. The molecule has 0 spiro atoms. The Kier molecular flexibility index (Phi) is 3.04. The number of aliphatic imine (C=N–C) groups is 1. The van der Waals surface area contributed by atoms with Gasteiger partial charge in [-0.05, 0) is 29.0 Å². The first-order valence-electron chi connectivity index (χ1n) is 3.50. The standard InChI is InChI=1S/C7H10IN3/c8-6(4-9)7(10)11-5-2-1-3-5/h4,10H,1-3,9H2/p+1. The van der Waals surface area contributed by atoms with Gasteiger partial charge in [-0.25, -0.2) is 0 Å². The summed E-state index contributed by atoms with van der Waals surface area (Å²) >= 11 is 2.07. The molecule has 0 aliphatic heterocycles. The van der Waals surface area contributed by atoms with Crippen molar-refractivity contribution < 1.29 is 5.41 Å². The van der Waals surface area contributed by atoms with E-state index in [0.29, 0.717) is 5.84 Å². The fraction of sp³-hybridized carbons (Fsp3) is 0.429. The Morgan fingerprint density at radius 1 is 1.64 bits per heavy atom. The van der Waals surface area contributed by atoms with Crippen LogP contribution in [0.5, 0.6) is 0 Å². The molecule has 0 atom stereocenters. The average Bonchev–Trinajstić information content (AvgIpc) is 1.94. The fourth-order valence-corrected chi connectivity index (χ4v) is 0.876. The first kappa shape index (κ1) is 8.70. The average molecular weight is 264 g/mol. The van der Waals surface area contributed by atoms with Crippen molar-refractivity contribution in [2.24, 2.45) is 10.7 Å². The number of amidine groups is 1. The number of hydrogen-bond donors (Lipinski definition) is 2. The van der Waals surface area contributed by atoms with Crippen molar-refractivity contribution in [3.8, 4) is 0 Å². The lowest BCUT2D eigenvalue weighted by Crippen LogP contribution is -2.39. The second-order valence-electron chi connectivity index (χ2n) is 2.43. The lowest BCUT2D eigenvalue weighted by molar-refractivity contribution is -0.113. The molecule has 60 valence electrons. The minimum Gasteiger partial charge on any atom is -0.403 e. The van der Waals surface area contributed by atoms with E-state index >= 15 is 0 Å². The highest BCUT2D eigenvalue weighted by molar-refractivity contribution is 14.1. The van der Waals surface area contributed by atoms with Gasteiger partial charge >= 0.3 is 5.84 Å². The molecule has 1 aliphatic carbocycles. The van der Waals surface area contributed by atoms with Gasteiger partial charge in [-0.1, -0.05) is 4.99 Å².